The van der Waals surface area contributed by atoms with Crippen LogP contribution in [0, 0.1) is 0 Å². The minimum Gasteiger partial charge on any atom is -0.366 e. The Morgan fingerprint density at radius 3 is 2.75 bits per heavy atom. The summed E-state index contributed by atoms with van der Waals surface area (Å²) in [7, 11) is 0. The molecule has 6 nitrogen and oxygen atoms in total. The number of nitrogens with zero attached hydrogens (tertiary/aromatic N) is 1. The van der Waals surface area contributed by atoms with Gasteiger partial charge in [-0.3, -0.25) is 9.59 Å². The van der Waals surface area contributed by atoms with Crippen LogP contribution in [0.4, 0.5) is 5.69 Å². The third-order valence-corrected chi connectivity index (χ3v) is 3.18. The fourth-order valence-electron chi connectivity index (χ4n) is 1.95. The number of carbonyl (C=O) groups excluding carboxylic acids is 2. The van der Waals surface area contributed by atoms with Crippen molar-refractivity contribution in [2.75, 3.05) is 5.32 Å². The van der Waals surface area contributed by atoms with Gasteiger partial charge >= 0.3 is 0 Å². The number of benzene rings is 1. The van der Waals surface area contributed by atoms with Crippen molar-refractivity contribution in [1.82, 2.24) is 5.16 Å². The largest absolute Gasteiger partial charge is 0.366 e. The quantitative estimate of drug-likeness (QED) is 0.887. The molecule has 0 spiro atoms. The summed E-state index contributed by atoms with van der Waals surface area (Å²) in [6, 6.07) is 8.19. The number of nitrogens with two attached hydrogens (primary N) is 1. The topological polar surface area (TPSA) is 98.2 Å². The van der Waals surface area contributed by atoms with E-state index in [2.05, 4.69) is 10.5 Å². The number of amides is 2. The summed E-state index contributed by atoms with van der Waals surface area (Å²) in [5, 5.41) is 6.36. The second-order valence-corrected chi connectivity index (χ2v) is 4.75. The molecule has 20 heavy (non-hydrogen) atoms. The van der Waals surface area contributed by atoms with Crippen LogP contribution >= 0.6 is 0 Å². The Labute approximate surface area is 114 Å². The number of primary amides is 1. The van der Waals surface area contributed by atoms with Gasteiger partial charge in [-0.25, -0.2) is 0 Å². The molecule has 2 aromatic rings. The van der Waals surface area contributed by atoms with E-state index >= 15 is 0 Å². The summed E-state index contributed by atoms with van der Waals surface area (Å²) in [5.74, 6) is 0.106. The molecule has 0 saturated heterocycles. The first-order valence-electron chi connectivity index (χ1n) is 6.32. The van der Waals surface area contributed by atoms with Crippen LogP contribution in [-0.4, -0.2) is 17.0 Å². The molecule has 1 fully saturated rings. The third kappa shape index (κ3) is 2.40. The maximum atomic E-state index is 12.1. The van der Waals surface area contributed by atoms with Crippen molar-refractivity contribution in [3.8, 4) is 0 Å². The van der Waals surface area contributed by atoms with E-state index in [4.69, 9.17) is 10.3 Å². The van der Waals surface area contributed by atoms with E-state index in [9.17, 15) is 9.59 Å². The van der Waals surface area contributed by atoms with Crippen LogP contribution in [0.15, 0.2) is 34.9 Å². The van der Waals surface area contributed by atoms with Crippen molar-refractivity contribution >= 4 is 17.5 Å². The Morgan fingerprint density at radius 1 is 1.30 bits per heavy atom. The van der Waals surface area contributed by atoms with Crippen molar-refractivity contribution < 1.29 is 14.1 Å². The Morgan fingerprint density at radius 2 is 2.05 bits per heavy atom. The summed E-state index contributed by atoms with van der Waals surface area (Å²) in [5.41, 5.74) is 6.08. The van der Waals surface area contributed by atoms with E-state index in [1.54, 1.807) is 30.3 Å². The maximum absolute atomic E-state index is 12.1. The Kier molecular flexibility index (Phi) is 2.98. The molecule has 0 unspecified atom stereocenters. The highest BCUT2D eigenvalue weighted by Crippen LogP contribution is 2.40. The lowest BCUT2D eigenvalue weighted by Crippen LogP contribution is -2.18. The van der Waals surface area contributed by atoms with Crippen LogP contribution in [0.2, 0.25) is 0 Å². The van der Waals surface area contributed by atoms with Crippen molar-refractivity contribution in [2.45, 2.75) is 18.8 Å². The molecule has 1 aromatic heterocycles. The number of hydrogen-bond acceptors (Lipinski definition) is 4. The zero-order valence-corrected chi connectivity index (χ0v) is 10.6. The van der Waals surface area contributed by atoms with Crippen LogP contribution in [0.1, 0.15) is 45.4 Å². The zero-order chi connectivity index (χ0) is 14.1. The van der Waals surface area contributed by atoms with Gasteiger partial charge in [0.15, 0.2) is 5.69 Å². The fourth-order valence-corrected chi connectivity index (χ4v) is 1.95. The van der Waals surface area contributed by atoms with E-state index in [-0.39, 0.29) is 11.3 Å². The lowest BCUT2D eigenvalue weighted by atomic mass is 10.1. The van der Waals surface area contributed by atoms with E-state index in [0.29, 0.717) is 11.6 Å². The van der Waals surface area contributed by atoms with E-state index < -0.39 is 11.8 Å². The molecule has 0 atom stereocenters. The molecular formula is C14H13N3O3. The second kappa shape index (κ2) is 4.80. The van der Waals surface area contributed by atoms with Gasteiger partial charge in [0.05, 0.1) is 11.3 Å². The summed E-state index contributed by atoms with van der Waals surface area (Å²) >= 11 is 0. The number of hydrogen-bond donors (Lipinski definition) is 2. The predicted molar refractivity (Wildman–Crippen MR) is 71.4 cm³/mol. The Bertz CT molecular complexity index is 674. The number of nitrogens with one attached hydrogen (secondary N) is 1. The van der Waals surface area contributed by atoms with Gasteiger partial charge in [0.25, 0.3) is 11.8 Å². The summed E-state index contributed by atoms with van der Waals surface area (Å²) < 4.78 is 5.12. The number of para-hydroxylation sites is 1. The van der Waals surface area contributed by atoms with Crippen molar-refractivity contribution in [1.29, 1.82) is 0 Å². The molecule has 1 heterocycles. The summed E-state index contributed by atoms with van der Waals surface area (Å²) in [6.07, 6.45) is 2.14. The highest BCUT2D eigenvalue weighted by atomic mass is 16.5. The van der Waals surface area contributed by atoms with E-state index in [1.165, 1.54) is 0 Å². The standard InChI is InChI=1S/C14H13N3O3/c15-13(18)9-3-1-2-4-10(9)16-14(19)11-7-12(20-17-11)8-5-6-8/h1-4,7-8H,5-6H2,(H2,15,18)(H,16,19). The molecule has 1 aliphatic rings. The molecule has 0 radical (unpaired) electrons. The molecule has 0 aliphatic heterocycles. The average molecular weight is 271 g/mol. The van der Waals surface area contributed by atoms with Crippen molar-refractivity contribution in [3.05, 3.63) is 47.3 Å². The van der Waals surface area contributed by atoms with Gasteiger partial charge in [-0.15, -0.1) is 0 Å². The van der Waals surface area contributed by atoms with Crippen LogP contribution in [0.25, 0.3) is 0 Å². The molecule has 6 heteroatoms. The molecule has 1 saturated carbocycles. The highest BCUT2D eigenvalue weighted by molar-refractivity contribution is 6.07. The second-order valence-electron chi connectivity index (χ2n) is 4.75. The maximum Gasteiger partial charge on any atom is 0.277 e. The highest BCUT2D eigenvalue weighted by Gasteiger charge is 2.29. The summed E-state index contributed by atoms with van der Waals surface area (Å²) in [6.45, 7) is 0. The molecular weight excluding hydrogens is 258 g/mol. The van der Waals surface area contributed by atoms with Gasteiger partial charge < -0.3 is 15.6 Å². The Hall–Kier alpha value is -2.63. The third-order valence-electron chi connectivity index (χ3n) is 3.18. The molecule has 3 rings (SSSR count). The van der Waals surface area contributed by atoms with Crippen LogP contribution in [0.5, 0.6) is 0 Å². The normalized spacial score (nSPS) is 14.0. The van der Waals surface area contributed by atoms with Crippen molar-refractivity contribution in [2.24, 2.45) is 5.73 Å². The average Bonchev–Trinajstić information content (AvgIpc) is 3.16. The fraction of sp³-hybridized carbons (Fsp3) is 0.214. The lowest BCUT2D eigenvalue weighted by Gasteiger charge is -2.06. The van der Waals surface area contributed by atoms with E-state index in [0.717, 1.165) is 18.6 Å². The van der Waals surface area contributed by atoms with Gasteiger partial charge in [0, 0.05) is 12.0 Å². The first kappa shape index (κ1) is 12.4. The van der Waals surface area contributed by atoms with E-state index in [1.807, 2.05) is 0 Å². The van der Waals surface area contributed by atoms with Gasteiger partial charge in [-0.1, -0.05) is 17.3 Å². The first-order chi connectivity index (χ1) is 9.65. The van der Waals surface area contributed by atoms with Crippen LogP contribution in [0.3, 0.4) is 0 Å². The zero-order valence-electron chi connectivity index (χ0n) is 10.6. The first-order valence-corrected chi connectivity index (χ1v) is 6.32. The molecule has 1 aliphatic carbocycles. The monoisotopic (exact) mass is 271 g/mol. The van der Waals surface area contributed by atoms with Crippen LogP contribution < -0.4 is 11.1 Å². The van der Waals surface area contributed by atoms with Crippen LogP contribution in [-0.2, 0) is 0 Å². The Balaban J connectivity index is 1.79. The number of anilines is 1. The number of rotatable bonds is 4. The molecule has 0 bridgehead atoms. The molecule has 3 N–H and O–H groups in total. The minimum absolute atomic E-state index is 0.200. The lowest BCUT2D eigenvalue weighted by molar-refractivity contribution is 0.100. The van der Waals surface area contributed by atoms with Gasteiger partial charge in [-0.05, 0) is 25.0 Å². The minimum atomic E-state index is -0.597. The van der Waals surface area contributed by atoms with Gasteiger partial charge in [0.2, 0.25) is 0 Å². The number of carbonyl (C=O) groups is 2. The predicted octanol–water partition coefficient (Wildman–Crippen LogP) is 1.90. The molecule has 1 aromatic carbocycles. The number of aromatic nitrogens is 1. The summed E-state index contributed by atoms with van der Waals surface area (Å²) in [4.78, 5) is 23.3. The smallest absolute Gasteiger partial charge is 0.277 e. The molecule has 2 amide bonds. The van der Waals surface area contributed by atoms with Gasteiger partial charge in [-0.2, -0.15) is 0 Å². The van der Waals surface area contributed by atoms with Gasteiger partial charge in [0.1, 0.15) is 5.76 Å². The SMILES string of the molecule is NC(=O)c1ccccc1NC(=O)c1cc(C2CC2)on1. The van der Waals surface area contributed by atoms with Crippen molar-refractivity contribution in [3.63, 3.8) is 0 Å². The molecule has 102 valence electrons.